The van der Waals surface area contributed by atoms with E-state index in [-0.39, 0.29) is 6.54 Å². The molecule has 0 fully saturated rings. The fourth-order valence-corrected chi connectivity index (χ4v) is 3.40. The number of anilines is 1. The minimum Gasteiger partial charge on any atom is -0.468 e. The summed E-state index contributed by atoms with van der Waals surface area (Å²) in [5.74, 6) is -0.984. The summed E-state index contributed by atoms with van der Waals surface area (Å²) in [5.41, 5.74) is -0.00577. The normalized spacial score (nSPS) is 18.2. The van der Waals surface area contributed by atoms with E-state index in [1.807, 2.05) is 0 Å². The van der Waals surface area contributed by atoms with Crippen molar-refractivity contribution in [2.24, 2.45) is 10.5 Å². The minimum absolute atomic E-state index is 0.0872. The van der Waals surface area contributed by atoms with E-state index in [9.17, 15) is 22.8 Å². The van der Waals surface area contributed by atoms with Crippen LogP contribution in [0.4, 0.5) is 23.7 Å². The minimum atomic E-state index is -4.82. The number of carbonyl (C=O) groups excluding carboxylic acids is 2. The molecular formula is C21H19ClF3N3O4. The number of methoxy groups -OCH3 is 1. The van der Waals surface area contributed by atoms with E-state index >= 15 is 0 Å². The third-order valence-corrected chi connectivity index (χ3v) is 5.18. The number of hydrogen-bond donors (Lipinski definition) is 0. The lowest BCUT2D eigenvalue weighted by Gasteiger charge is -2.25. The second kappa shape index (κ2) is 8.70. The molecule has 1 aliphatic heterocycles. The van der Waals surface area contributed by atoms with Gasteiger partial charge in [-0.2, -0.15) is 5.10 Å². The highest BCUT2D eigenvalue weighted by atomic mass is 35.5. The van der Waals surface area contributed by atoms with Gasteiger partial charge in [-0.1, -0.05) is 23.7 Å². The van der Waals surface area contributed by atoms with Crippen LogP contribution in [-0.4, -0.2) is 49.8 Å². The highest BCUT2D eigenvalue weighted by molar-refractivity contribution is 6.30. The zero-order valence-corrected chi connectivity index (χ0v) is 18.1. The monoisotopic (exact) mass is 469 g/mol. The van der Waals surface area contributed by atoms with E-state index < -0.39 is 29.5 Å². The number of ether oxygens (including phenoxy) is 2. The standard InChI is InChI=1S/C21H19ClF3N3O4/c1-20(18(29)31-3)12-28(26-17(20)13-4-6-14(22)7-5-13)19(30)27(2)15-8-10-16(11-9-15)32-21(23,24)25/h4-11H,12H2,1-3H3. The zero-order valence-electron chi connectivity index (χ0n) is 17.3. The van der Waals surface area contributed by atoms with Crippen molar-refractivity contribution in [1.29, 1.82) is 0 Å². The lowest BCUT2D eigenvalue weighted by molar-refractivity contribution is -0.274. The Hall–Kier alpha value is -3.27. The van der Waals surface area contributed by atoms with Crippen LogP contribution in [0.2, 0.25) is 5.02 Å². The van der Waals surface area contributed by atoms with Crippen molar-refractivity contribution in [2.45, 2.75) is 13.3 Å². The Balaban J connectivity index is 1.87. The predicted molar refractivity (Wildman–Crippen MR) is 112 cm³/mol. The lowest BCUT2D eigenvalue weighted by Crippen LogP contribution is -2.44. The van der Waals surface area contributed by atoms with Gasteiger partial charge >= 0.3 is 18.4 Å². The fraction of sp³-hybridized carbons (Fsp3) is 0.286. The number of halogens is 4. The van der Waals surface area contributed by atoms with E-state index in [2.05, 4.69) is 9.84 Å². The molecule has 3 rings (SSSR count). The third kappa shape index (κ3) is 4.80. The Morgan fingerprint density at radius 2 is 1.72 bits per heavy atom. The molecule has 170 valence electrons. The largest absolute Gasteiger partial charge is 0.573 e. The summed E-state index contributed by atoms with van der Waals surface area (Å²) in [6.07, 6.45) is -4.82. The van der Waals surface area contributed by atoms with Crippen molar-refractivity contribution >= 4 is 35.0 Å². The number of nitrogens with zero attached hydrogens (tertiary/aromatic N) is 3. The first-order valence-electron chi connectivity index (χ1n) is 9.29. The molecule has 0 saturated carbocycles. The first-order valence-corrected chi connectivity index (χ1v) is 9.67. The van der Waals surface area contributed by atoms with Gasteiger partial charge < -0.3 is 9.47 Å². The van der Waals surface area contributed by atoms with Crippen molar-refractivity contribution in [2.75, 3.05) is 25.6 Å². The number of benzene rings is 2. The van der Waals surface area contributed by atoms with Gasteiger partial charge in [-0.25, -0.2) is 9.80 Å². The van der Waals surface area contributed by atoms with E-state index in [1.54, 1.807) is 31.2 Å². The Morgan fingerprint density at radius 3 is 2.25 bits per heavy atom. The number of urea groups is 1. The molecule has 0 radical (unpaired) electrons. The summed E-state index contributed by atoms with van der Waals surface area (Å²) in [6.45, 7) is 1.53. The van der Waals surface area contributed by atoms with E-state index in [4.69, 9.17) is 16.3 Å². The molecule has 32 heavy (non-hydrogen) atoms. The molecule has 2 amide bonds. The molecule has 0 aromatic heterocycles. The molecule has 0 aliphatic carbocycles. The van der Waals surface area contributed by atoms with Gasteiger partial charge in [0.05, 0.1) is 19.4 Å². The SMILES string of the molecule is COC(=O)C1(C)CN(C(=O)N(C)c2ccc(OC(F)(F)F)cc2)N=C1c1ccc(Cl)cc1. The quantitative estimate of drug-likeness (QED) is 0.609. The van der Waals surface area contributed by atoms with Gasteiger partial charge in [-0.3, -0.25) is 9.69 Å². The number of hydrazone groups is 1. The van der Waals surface area contributed by atoms with E-state index in [1.165, 1.54) is 31.2 Å². The maximum atomic E-state index is 13.0. The topological polar surface area (TPSA) is 71.4 Å². The average molecular weight is 470 g/mol. The van der Waals surface area contributed by atoms with Crippen molar-refractivity contribution in [3.05, 3.63) is 59.1 Å². The van der Waals surface area contributed by atoms with Gasteiger partial charge in [0.15, 0.2) is 0 Å². The Bertz CT molecular complexity index is 1040. The third-order valence-electron chi connectivity index (χ3n) is 4.93. The summed E-state index contributed by atoms with van der Waals surface area (Å²) < 4.78 is 45.8. The number of carbonyl (C=O) groups is 2. The van der Waals surface area contributed by atoms with Gasteiger partial charge in [0.1, 0.15) is 11.2 Å². The van der Waals surface area contributed by atoms with Crippen LogP contribution < -0.4 is 9.64 Å². The molecule has 11 heteroatoms. The molecule has 1 atom stereocenters. The van der Waals surface area contributed by atoms with E-state index in [0.717, 1.165) is 17.1 Å². The van der Waals surface area contributed by atoms with Crippen molar-refractivity contribution in [1.82, 2.24) is 5.01 Å². The predicted octanol–water partition coefficient (Wildman–Crippen LogP) is 4.69. The molecule has 0 spiro atoms. The van der Waals surface area contributed by atoms with Gasteiger partial charge in [-0.15, -0.1) is 13.2 Å². The van der Waals surface area contributed by atoms with Gasteiger partial charge in [0, 0.05) is 17.8 Å². The highest BCUT2D eigenvalue weighted by Gasteiger charge is 2.48. The van der Waals surface area contributed by atoms with Crippen LogP contribution in [0.3, 0.4) is 0 Å². The van der Waals surface area contributed by atoms with Crippen LogP contribution in [0.1, 0.15) is 12.5 Å². The summed E-state index contributed by atoms with van der Waals surface area (Å²) in [4.78, 5) is 26.8. The molecule has 7 nitrogen and oxygen atoms in total. The van der Waals surface area contributed by atoms with Crippen LogP contribution >= 0.6 is 11.6 Å². The number of esters is 1. The van der Waals surface area contributed by atoms with Crippen LogP contribution in [0.15, 0.2) is 53.6 Å². The maximum absolute atomic E-state index is 13.0. The number of amides is 2. The van der Waals surface area contributed by atoms with Crippen LogP contribution in [0, 0.1) is 5.41 Å². The Morgan fingerprint density at radius 1 is 1.12 bits per heavy atom. The molecular weight excluding hydrogens is 451 g/mol. The molecule has 0 bridgehead atoms. The first-order chi connectivity index (χ1) is 14.9. The van der Waals surface area contributed by atoms with Gasteiger partial charge in [0.2, 0.25) is 0 Å². The fourth-order valence-electron chi connectivity index (χ4n) is 3.28. The smallest absolute Gasteiger partial charge is 0.468 e. The maximum Gasteiger partial charge on any atom is 0.573 e. The zero-order chi connectivity index (χ0) is 23.7. The first kappa shape index (κ1) is 23.4. The Kier molecular flexibility index (Phi) is 6.36. The molecule has 0 N–H and O–H groups in total. The molecule has 2 aromatic carbocycles. The lowest BCUT2D eigenvalue weighted by atomic mass is 9.82. The second-order valence-electron chi connectivity index (χ2n) is 7.22. The Labute approximate surface area is 187 Å². The molecule has 2 aromatic rings. The van der Waals surface area contributed by atoms with Crippen molar-refractivity contribution in [3.63, 3.8) is 0 Å². The van der Waals surface area contributed by atoms with Gasteiger partial charge in [0.25, 0.3) is 0 Å². The second-order valence-corrected chi connectivity index (χ2v) is 7.66. The van der Waals surface area contributed by atoms with E-state index in [0.29, 0.717) is 22.0 Å². The number of rotatable bonds is 4. The number of hydrogen-bond acceptors (Lipinski definition) is 5. The molecule has 1 unspecified atom stereocenters. The average Bonchev–Trinajstić information content (AvgIpc) is 3.10. The summed E-state index contributed by atoms with van der Waals surface area (Å²) in [5, 5.41) is 5.97. The van der Waals surface area contributed by atoms with Crippen LogP contribution in [0.25, 0.3) is 0 Å². The van der Waals surface area contributed by atoms with Crippen LogP contribution in [0.5, 0.6) is 5.75 Å². The number of alkyl halides is 3. The van der Waals surface area contributed by atoms with Crippen LogP contribution in [-0.2, 0) is 9.53 Å². The summed E-state index contributed by atoms with van der Waals surface area (Å²) in [6, 6.07) is 10.8. The molecule has 1 aliphatic rings. The van der Waals surface area contributed by atoms with Gasteiger partial charge in [-0.05, 0) is 48.9 Å². The summed E-state index contributed by atoms with van der Waals surface area (Å²) in [7, 11) is 2.68. The molecule has 0 saturated heterocycles. The summed E-state index contributed by atoms with van der Waals surface area (Å²) >= 11 is 5.94. The molecule has 1 heterocycles. The highest BCUT2D eigenvalue weighted by Crippen LogP contribution is 2.34. The van der Waals surface area contributed by atoms with Crippen molar-refractivity contribution in [3.8, 4) is 5.75 Å². The van der Waals surface area contributed by atoms with Crippen molar-refractivity contribution < 1.29 is 32.2 Å².